The summed E-state index contributed by atoms with van der Waals surface area (Å²) in [6.07, 6.45) is 0. The van der Waals surface area contributed by atoms with Gasteiger partial charge in [-0.3, -0.25) is 5.10 Å². The average Bonchev–Trinajstić information content (AvgIpc) is 2.59. The van der Waals surface area contributed by atoms with Crippen molar-refractivity contribution >= 4 is 24.0 Å². The van der Waals surface area contributed by atoms with Gasteiger partial charge < -0.3 is 4.57 Å². The van der Waals surface area contributed by atoms with Gasteiger partial charge in [0, 0.05) is 11.9 Å². The zero-order chi connectivity index (χ0) is 10.7. The largest absolute Gasteiger partial charge is 0.307 e. The topological polar surface area (TPSA) is 33.6 Å². The average molecular weight is 237 g/mol. The molecule has 0 saturated heterocycles. The maximum Gasteiger partial charge on any atom is 0.194 e. The highest BCUT2D eigenvalue weighted by Gasteiger charge is 2.02. The molecule has 1 aromatic carbocycles. The summed E-state index contributed by atoms with van der Waals surface area (Å²) in [5.41, 5.74) is 0. The van der Waals surface area contributed by atoms with Gasteiger partial charge in [-0.2, -0.15) is 5.10 Å². The fourth-order valence-corrected chi connectivity index (χ4v) is 2.23. The molecule has 0 atom stereocenters. The lowest BCUT2D eigenvalue weighted by Crippen LogP contribution is -1.95. The molecular weight excluding hydrogens is 226 g/mol. The molecule has 0 spiro atoms. The van der Waals surface area contributed by atoms with E-state index in [4.69, 9.17) is 12.2 Å². The van der Waals surface area contributed by atoms with E-state index in [1.165, 1.54) is 4.90 Å². The molecule has 0 radical (unpaired) electrons. The lowest BCUT2D eigenvalue weighted by Gasteiger charge is -2.00. The zero-order valence-corrected chi connectivity index (χ0v) is 9.94. The Morgan fingerprint density at radius 1 is 1.40 bits per heavy atom. The van der Waals surface area contributed by atoms with E-state index >= 15 is 0 Å². The van der Waals surface area contributed by atoms with Crippen LogP contribution < -0.4 is 0 Å². The summed E-state index contributed by atoms with van der Waals surface area (Å²) < 4.78 is 2.56. The predicted molar refractivity (Wildman–Crippen MR) is 64.4 cm³/mol. The van der Waals surface area contributed by atoms with Crippen LogP contribution in [0.3, 0.4) is 0 Å². The van der Waals surface area contributed by atoms with Crippen molar-refractivity contribution in [3.8, 4) is 0 Å². The van der Waals surface area contributed by atoms with Gasteiger partial charge in [0.25, 0.3) is 0 Å². The van der Waals surface area contributed by atoms with E-state index in [1.807, 2.05) is 29.8 Å². The van der Waals surface area contributed by atoms with Crippen LogP contribution in [0.4, 0.5) is 0 Å². The summed E-state index contributed by atoms with van der Waals surface area (Å²) in [4.78, 5) is 1.24. The van der Waals surface area contributed by atoms with Crippen LogP contribution >= 0.6 is 24.0 Å². The highest BCUT2D eigenvalue weighted by atomic mass is 32.2. The van der Waals surface area contributed by atoms with Gasteiger partial charge >= 0.3 is 0 Å². The Morgan fingerprint density at radius 2 is 2.13 bits per heavy atom. The molecule has 2 aromatic rings. The van der Waals surface area contributed by atoms with Gasteiger partial charge in [0.05, 0.1) is 5.75 Å². The fraction of sp³-hybridized carbons (Fsp3) is 0.200. The van der Waals surface area contributed by atoms with E-state index in [9.17, 15) is 0 Å². The van der Waals surface area contributed by atoms with E-state index in [0.29, 0.717) is 4.77 Å². The first-order valence-corrected chi connectivity index (χ1v) is 5.95. The predicted octanol–water partition coefficient (Wildman–Crippen LogP) is 2.77. The molecule has 0 amide bonds. The Kier molecular flexibility index (Phi) is 3.23. The first kappa shape index (κ1) is 10.4. The molecule has 0 aliphatic carbocycles. The van der Waals surface area contributed by atoms with Gasteiger partial charge in [0.1, 0.15) is 5.82 Å². The van der Waals surface area contributed by atoms with E-state index in [1.54, 1.807) is 11.8 Å². The van der Waals surface area contributed by atoms with Gasteiger partial charge in [0.15, 0.2) is 4.77 Å². The zero-order valence-electron chi connectivity index (χ0n) is 8.30. The van der Waals surface area contributed by atoms with E-state index in [-0.39, 0.29) is 0 Å². The van der Waals surface area contributed by atoms with E-state index < -0.39 is 0 Å². The standard InChI is InChI=1S/C10H11N3S2/c1-13-9(11-12-10(13)14)7-15-8-5-3-2-4-6-8/h2-6H,7H2,1H3,(H,12,14). The van der Waals surface area contributed by atoms with Gasteiger partial charge in [0.2, 0.25) is 0 Å². The van der Waals surface area contributed by atoms with Gasteiger partial charge in [-0.15, -0.1) is 11.8 Å². The molecule has 78 valence electrons. The summed E-state index contributed by atoms with van der Waals surface area (Å²) in [5.74, 6) is 1.79. The molecule has 0 aliphatic rings. The number of rotatable bonds is 3. The molecule has 0 unspecified atom stereocenters. The smallest absolute Gasteiger partial charge is 0.194 e. The molecule has 0 aliphatic heterocycles. The minimum Gasteiger partial charge on any atom is -0.307 e. The van der Waals surface area contributed by atoms with Crippen molar-refractivity contribution < 1.29 is 0 Å². The Bertz CT molecular complexity index is 487. The molecule has 1 N–H and O–H groups in total. The number of thioether (sulfide) groups is 1. The van der Waals surface area contributed by atoms with Gasteiger partial charge in [-0.05, 0) is 24.4 Å². The Morgan fingerprint density at radius 3 is 2.73 bits per heavy atom. The molecule has 0 saturated carbocycles. The molecule has 3 nitrogen and oxygen atoms in total. The molecule has 5 heteroatoms. The minimum absolute atomic E-state index is 0.665. The number of benzene rings is 1. The summed E-state index contributed by atoms with van der Waals surface area (Å²) in [5, 5.41) is 6.93. The minimum atomic E-state index is 0.665. The highest BCUT2D eigenvalue weighted by molar-refractivity contribution is 7.98. The van der Waals surface area contributed by atoms with E-state index in [2.05, 4.69) is 22.3 Å². The molecule has 15 heavy (non-hydrogen) atoms. The monoisotopic (exact) mass is 237 g/mol. The van der Waals surface area contributed by atoms with Crippen LogP contribution in [0.15, 0.2) is 35.2 Å². The van der Waals surface area contributed by atoms with Crippen LogP contribution in [0.1, 0.15) is 5.82 Å². The maximum atomic E-state index is 5.04. The Balaban J connectivity index is 2.06. The quantitative estimate of drug-likeness (QED) is 0.658. The summed E-state index contributed by atoms with van der Waals surface area (Å²) in [6, 6.07) is 10.3. The molecule has 1 aromatic heterocycles. The normalized spacial score (nSPS) is 10.5. The first-order chi connectivity index (χ1) is 7.27. The SMILES string of the molecule is Cn1c(CSc2ccccc2)n[nH]c1=S. The van der Waals surface area contributed by atoms with Crippen LogP contribution in [0.5, 0.6) is 0 Å². The summed E-state index contributed by atoms with van der Waals surface area (Å²) in [7, 11) is 1.92. The number of hydrogen-bond donors (Lipinski definition) is 1. The molecule has 0 fully saturated rings. The second-order valence-electron chi connectivity index (χ2n) is 3.11. The first-order valence-electron chi connectivity index (χ1n) is 4.55. The van der Waals surface area contributed by atoms with Crippen molar-refractivity contribution in [2.75, 3.05) is 0 Å². The molecular formula is C10H11N3S2. The Hall–Kier alpha value is -1.07. The third-order valence-electron chi connectivity index (χ3n) is 2.08. The maximum absolute atomic E-state index is 5.04. The van der Waals surface area contributed by atoms with Crippen molar-refractivity contribution in [1.29, 1.82) is 0 Å². The third-order valence-corrected chi connectivity index (χ3v) is 3.46. The van der Waals surface area contributed by atoms with Crippen LogP contribution in [0.2, 0.25) is 0 Å². The van der Waals surface area contributed by atoms with Crippen molar-refractivity contribution in [2.45, 2.75) is 10.6 Å². The van der Waals surface area contributed by atoms with Crippen LogP contribution in [0, 0.1) is 4.77 Å². The second kappa shape index (κ2) is 4.63. The van der Waals surface area contributed by atoms with E-state index in [0.717, 1.165) is 11.6 Å². The van der Waals surface area contributed by atoms with Crippen molar-refractivity contribution in [1.82, 2.24) is 14.8 Å². The molecule has 1 heterocycles. The number of nitrogens with one attached hydrogen (secondary N) is 1. The number of hydrogen-bond acceptors (Lipinski definition) is 3. The van der Waals surface area contributed by atoms with Crippen molar-refractivity contribution in [3.05, 3.63) is 40.9 Å². The van der Waals surface area contributed by atoms with Gasteiger partial charge in [-0.1, -0.05) is 18.2 Å². The lowest BCUT2D eigenvalue weighted by molar-refractivity contribution is 0.839. The third kappa shape index (κ3) is 2.49. The second-order valence-corrected chi connectivity index (χ2v) is 4.54. The molecule has 2 rings (SSSR count). The van der Waals surface area contributed by atoms with Gasteiger partial charge in [-0.25, -0.2) is 0 Å². The summed E-state index contributed by atoms with van der Waals surface area (Å²) in [6.45, 7) is 0. The number of H-pyrrole nitrogens is 1. The van der Waals surface area contributed by atoms with Crippen molar-refractivity contribution in [2.24, 2.45) is 7.05 Å². The van der Waals surface area contributed by atoms with Crippen LogP contribution in [-0.2, 0) is 12.8 Å². The Labute approximate surface area is 97.5 Å². The number of nitrogens with zero attached hydrogens (tertiary/aromatic N) is 2. The number of aromatic nitrogens is 3. The fourth-order valence-electron chi connectivity index (χ4n) is 1.17. The lowest BCUT2D eigenvalue weighted by atomic mass is 10.4. The van der Waals surface area contributed by atoms with Crippen molar-refractivity contribution in [3.63, 3.8) is 0 Å². The molecule has 0 bridgehead atoms. The highest BCUT2D eigenvalue weighted by Crippen LogP contribution is 2.20. The summed E-state index contributed by atoms with van der Waals surface area (Å²) >= 11 is 6.79. The van der Waals surface area contributed by atoms with Crippen LogP contribution in [-0.4, -0.2) is 14.8 Å². The number of aromatic amines is 1. The van der Waals surface area contributed by atoms with Crippen LogP contribution in [0.25, 0.3) is 0 Å².